The number of nitrogens with two attached hydrogens (primary N) is 1. The van der Waals surface area contributed by atoms with Crippen LogP contribution in [0, 0.1) is 0 Å². The minimum Gasteiger partial charge on any atom is -0.508 e. The molecule has 0 atom stereocenters. The number of carbonyl (C=O) groups excluding carboxylic acids is 1. The molecule has 0 aliphatic heterocycles. The lowest BCUT2D eigenvalue weighted by Gasteiger charge is -2.05. The van der Waals surface area contributed by atoms with E-state index in [2.05, 4.69) is 20.9 Å². The number of hydrogen-bond acceptors (Lipinski definition) is 6. The Balaban J connectivity index is 2.05. The maximum atomic E-state index is 12.4. The summed E-state index contributed by atoms with van der Waals surface area (Å²) < 4.78 is 6.03. The lowest BCUT2D eigenvalue weighted by Crippen LogP contribution is -2.04. The van der Waals surface area contributed by atoms with Crippen molar-refractivity contribution in [3.63, 3.8) is 0 Å². The summed E-state index contributed by atoms with van der Waals surface area (Å²) in [5.41, 5.74) is 8.53. The predicted octanol–water partition coefficient (Wildman–Crippen LogP) is 4.63. The minimum atomic E-state index is -0.423. The number of anilines is 1. The van der Waals surface area contributed by atoms with E-state index in [1.165, 1.54) is 11.3 Å². The molecular formula is C19H17BrN2O3S. The van der Waals surface area contributed by atoms with E-state index < -0.39 is 5.97 Å². The molecule has 26 heavy (non-hydrogen) atoms. The van der Waals surface area contributed by atoms with Crippen LogP contribution >= 0.6 is 27.3 Å². The number of aromatic nitrogens is 1. The summed E-state index contributed by atoms with van der Waals surface area (Å²) in [6, 6.07) is 12.5. The maximum absolute atomic E-state index is 12.4. The first-order valence-electron chi connectivity index (χ1n) is 7.98. The van der Waals surface area contributed by atoms with Crippen LogP contribution in [0.5, 0.6) is 5.75 Å². The van der Waals surface area contributed by atoms with Crippen LogP contribution in [0.1, 0.15) is 27.2 Å². The van der Waals surface area contributed by atoms with Gasteiger partial charge in [-0.05, 0) is 31.2 Å². The first-order valence-corrected chi connectivity index (χ1v) is 9.59. The second-order valence-corrected chi connectivity index (χ2v) is 7.54. The zero-order chi connectivity index (χ0) is 18.7. The Morgan fingerprint density at radius 2 is 2.08 bits per heavy atom. The van der Waals surface area contributed by atoms with Crippen molar-refractivity contribution in [1.82, 2.24) is 4.98 Å². The van der Waals surface area contributed by atoms with Gasteiger partial charge in [-0.15, -0.1) is 11.3 Å². The first kappa shape index (κ1) is 18.4. The van der Waals surface area contributed by atoms with Gasteiger partial charge in [-0.1, -0.05) is 34.1 Å². The van der Waals surface area contributed by atoms with E-state index in [0.717, 1.165) is 10.0 Å². The van der Waals surface area contributed by atoms with Gasteiger partial charge in [-0.3, -0.25) is 0 Å². The fraction of sp³-hybridized carbons (Fsp3) is 0.158. The molecule has 0 aliphatic rings. The average Bonchev–Trinajstić information content (AvgIpc) is 3.02. The molecule has 0 radical (unpaired) electrons. The quantitative estimate of drug-likeness (QED) is 0.453. The number of hydrogen-bond donors (Lipinski definition) is 2. The number of nitrogens with zero attached hydrogens (tertiary/aromatic N) is 1. The normalized spacial score (nSPS) is 10.7. The molecule has 0 amide bonds. The number of rotatable bonds is 5. The highest BCUT2D eigenvalue weighted by Gasteiger charge is 2.22. The molecule has 3 aromatic rings. The molecule has 2 aromatic carbocycles. The molecule has 134 valence electrons. The van der Waals surface area contributed by atoms with Crippen molar-refractivity contribution < 1.29 is 14.6 Å². The van der Waals surface area contributed by atoms with E-state index in [0.29, 0.717) is 33.3 Å². The minimum absolute atomic E-state index is 0.182. The van der Waals surface area contributed by atoms with Crippen LogP contribution in [-0.2, 0) is 11.2 Å². The zero-order valence-corrected chi connectivity index (χ0v) is 16.4. The summed E-state index contributed by atoms with van der Waals surface area (Å²) in [6.07, 6.45) is 0.398. The highest BCUT2D eigenvalue weighted by Crippen LogP contribution is 2.34. The predicted molar refractivity (Wildman–Crippen MR) is 107 cm³/mol. The molecule has 0 bridgehead atoms. The van der Waals surface area contributed by atoms with Gasteiger partial charge in [-0.2, -0.15) is 0 Å². The van der Waals surface area contributed by atoms with Crippen LogP contribution in [0.4, 0.5) is 5.69 Å². The Hall–Kier alpha value is -2.38. The molecule has 0 saturated heterocycles. The Bertz CT molecular complexity index is 956. The number of carbonyl (C=O) groups is 1. The van der Waals surface area contributed by atoms with E-state index in [1.54, 1.807) is 25.1 Å². The molecule has 3 rings (SSSR count). The molecule has 0 spiro atoms. The summed E-state index contributed by atoms with van der Waals surface area (Å²) in [4.78, 5) is 17.4. The number of thiazole rings is 1. The molecule has 0 fully saturated rings. The monoisotopic (exact) mass is 432 g/mol. The Morgan fingerprint density at radius 1 is 1.31 bits per heavy atom. The van der Waals surface area contributed by atoms with Gasteiger partial charge in [-0.25, -0.2) is 9.78 Å². The third-order valence-corrected chi connectivity index (χ3v) is 5.26. The van der Waals surface area contributed by atoms with Gasteiger partial charge in [0.1, 0.15) is 10.6 Å². The SMILES string of the molecule is CCOC(=O)c1sc(Cc2cc(Br)ccc2O)nc1-c1ccccc1N. The van der Waals surface area contributed by atoms with Gasteiger partial charge in [0.05, 0.1) is 17.3 Å². The van der Waals surface area contributed by atoms with Crippen molar-refractivity contribution in [2.75, 3.05) is 12.3 Å². The fourth-order valence-corrected chi connectivity index (χ4v) is 3.93. The van der Waals surface area contributed by atoms with Crippen LogP contribution in [0.15, 0.2) is 46.9 Å². The number of nitrogen functional groups attached to an aromatic ring is 1. The first-order chi connectivity index (χ1) is 12.5. The largest absolute Gasteiger partial charge is 0.508 e. The van der Waals surface area contributed by atoms with Crippen LogP contribution in [0.25, 0.3) is 11.3 Å². The van der Waals surface area contributed by atoms with E-state index in [1.807, 2.05) is 24.3 Å². The Kier molecular flexibility index (Phi) is 5.58. The van der Waals surface area contributed by atoms with Crippen LogP contribution in [-0.4, -0.2) is 22.7 Å². The van der Waals surface area contributed by atoms with Gasteiger partial charge in [0.15, 0.2) is 0 Å². The molecule has 0 saturated carbocycles. The number of para-hydroxylation sites is 1. The van der Waals surface area contributed by atoms with E-state index >= 15 is 0 Å². The number of halogens is 1. The van der Waals surface area contributed by atoms with Crippen molar-refractivity contribution in [2.24, 2.45) is 0 Å². The lowest BCUT2D eigenvalue weighted by atomic mass is 10.1. The van der Waals surface area contributed by atoms with E-state index in [-0.39, 0.29) is 12.4 Å². The summed E-state index contributed by atoms with van der Waals surface area (Å²) in [5, 5.41) is 10.8. The summed E-state index contributed by atoms with van der Waals surface area (Å²) in [7, 11) is 0. The lowest BCUT2D eigenvalue weighted by molar-refractivity contribution is 0.0532. The highest BCUT2D eigenvalue weighted by atomic mass is 79.9. The molecule has 7 heteroatoms. The molecule has 3 N–H and O–H groups in total. The van der Waals surface area contributed by atoms with Gasteiger partial charge in [0, 0.05) is 27.7 Å². The highest BCUT2D eigenvalue weighted by molar-refractivity contribution is 9.10. The summed E-state index contributed by atoms with van der Waals surface area (Å²) in [5.74, 6) is -0.241. The van der Waals surface area contributed by atoms with Crippen molar-refractivity contribution in [3.8, 4) is 17.0 Å². The van der Waals surface area contributed by atoms with Gasteiger partial charge in [0.25, 0.3) is 0 Å². The van der Waals surface area contributed by atoms with Crippen molar-refractivity contribution in [1.29, 1.82) is 0 Å². The molecular weight excluding hydrogens is 416 g/mol. The van der Waals surface area contributed by atoms with Crippen molar-refractivity contribution >= 4 is 38.9 Å². The summed E-state index contributed by atoms with van der Waals surface area (Å²) in [6.45, 7) is 2.04. The van der Waals surface area contributed by atoms with Crippen LogP contribution in [0.2, 0.25) is 0 Å². The maximum Gasteiger partial charge on any atom is 0.350 e. The smallest absolute Gasteiger partial charge is 0.350 e. The van der Waals surface area contributed by atoms with Crippen molar-refractivity contribution in [3.05, 3.63) is 62.4 Å². The van der Waals surface area contributed by atoms with Gasteiger partial charge in [0.2, 0.25) is 0 Å². The third-order valence-electron chi connectivity index (χ3n) is 3.73. The number of ether oxygens (including phenoxy) is 1. The van der Waals surface area contributed by atoms with Gasteiger partial charge >= 0.3 is 5.97 Å². The molecule has 0 unspecified atom stereocenters. The fourth-order valence-electron chi connectivity index (χ4n) is 2.53. The van der Waals surface area contributed by atoms with E-state index in [4.69, 9.17) is 10.5 Å². The second-order valence-electron chi connectivity index (χ2n) is 5.54. The van der Waals surface area contributed by atoms with Crippen molar-refractivity contribution in [2.45, 2.75) is 13.3 Å². The van der Waals surface area contributed by atoms with Crippen LogP contribution in [0.3, 0.4) is 0 Å². The third kappa shape index (κ3) is 3.89. The topological polar surface area (TPSA) is 85.4 Å². The molecule has 1 aromatic heterocycles. The van der Waals surface area contributed by atoms with Crippen LogP contribution < -0.4 is 5.73 Å². The zero-order valence-electron chi connectivity index (χ0n) is 14.0. The standard InChI is InChI=1S/C19H17BrN2O3S/c1-2-25-19(24)18-17(13-5-3-4-6-14(13)21)22-16(26-18)10-11-9-12(20)7-8-15(11)23/h3-9,23H,2,10,21H2,1H3. The number of phenols is 1. The average molecular weight is 433 g/mol. The Labute approximate surface area is 163 Å². The second kappa shape index (κ2) is 7.88. The Morgan fingerprint density at radius 3 is 2.81 bits per heavy atom. The van der Waals surface area contributed by atoms with E-state index in [9.17, 15) is 9.90 Å². The molecule has 5 nitrogen and oxygen atoms in total. The number of aromatic hydroxyl groups is 1. The number of phenolic OH excluding ortho intramolecular Hbond substituents is 1. The van der Waals surface area contributed by atoms with Gasteiger partial charge < -0.3 is 15.6 Å². The number of benzene rings is 2. The molecule has 0 aliphatic carbocycles. The molecule has 1 heterocycles. The summed E-state index contributed by atoms with van der Waals surface area (Å²) >= 11 is 4.65. The number of esters is 1.